The van der Waals surface area contributed by atoms with Crippen molar-refractivity contribution in [2.24, 2.45) is 5.73 Å². The molecular weight excluding hydrogens is 306 g/mol. The Labute approximate surface area is 135 Å². The second kappa shape index (κ2) is 6.30. The molecule has 0 aliphatic carbocycles. The van der Waals surface area contributed by atoms with E-state index < -0.39 is 5.54 Å². The third kappa shape index (κ3) is 3.54. The Bertz CT molecular complexity index is 568. The van der Waals surface area contributed by atoms with E-state index in [1.165, 1.54) is 0 Å². The maximum atomic E-state index is 12.5. The molecule has 3 N–H and O–H groups in total. The zero-order chi connectivity index (χ0) is 15.6. The molecule has 0 saturated carbocycles. The van der Waals surface area contributed by atoms with Crippen molar-refractivity contribution in [2.45, 2.75) is 25.3 Å². The highest BCUT2D eigenvalue weighted by atomic mass is 35.5. The van der Waals surface area contributed by atoms with E-state index in [0.717, 1.165) is 18.7 Å². The van der Waals surface area contributed by atoms with E-state index in [9.17, 15) is 4.79 Å². The Balaban J connectivity index is 2.21. The Morgan fingerprint density at radius 3 is 2.57 bits per heavy atom. The number of nitrogens with one attached hydrogen (secondary N) is 1. The lowest BCUT2D eigenvalue weighted by Crippen LogP contribution is -2.61. The van der Waals surface area contributed by atoms with Gasteiger partial charge < -0.3 is 16.0 Å². The molecule has 4 nitrogen and oxygen atoms in total. The van der Waals surface area contributed by atoms with Crippen LogP contribution in [0.15, 0.2) is 18.2 Å². The summed E-state index contributed by atoms with van der Waals surface area (Å²) >= 11 is 11.4. The summed E-state index contributed by atoms with van der Waals surface area (Å²) in [5, 5.41) is 3.46. The normalized spacial score (nSPS) is 18.2. The first-order valence-corrected chi connectivity index (χ1v) is 7.70. The van der Waals surface area contributed by atoms with Crippen LogP contribution in [0.2, 0.25) is 5.02 Å². The van der Waals surface area contributed by atoms with Crippen molar-refractivity contribution < 1.29 is 4.79 Å². The van der Waals surface area contributed by atoms with E-state index in [1.807, 2.05) is 20.0 Å². The summed E-state index contributed by atoms with van der Waals surface area (Å²) < 4.78 is 0. The fourth-order valence-electron chi connectivity index (χ4n) is 2.52. The molecule has 21 heavy (non-hydrogen) atoms. The molecule has 0 unspecified atom stereocenters. The fourth-order valence-corrected chi connectivity index (χ4v) is 3.10. The smallest absolute Gasteiger partial charge is 0.253 e. The van der Waals surface area contributed by atoms with Crippen molar-refractivity contribution in [1.82, 2.24) is 10.2 Å². The average Bonchev–Trinajstić information content (AvgIpc) is 2.41. The lowest BCUT2D eigenvalue weighted by Gasteiger charge is -2.40. The predicted octanol–water partition coefficient (Wildman–Crippen LogP) is 2.13. The number of nitrogens with two attached hydrogens (primary N) is 1. The van der Waals surface area contributed by atoms with Gasteiger partial charge in [-0.15, -0.1) is 0 Å². The van der Waals surface area contributed by atoms with E-state index in [2.05, 4.69) is 10.2 Å². The number of halogens is 1. The van der Waals surface area contributed by atoms with E-state index in [1.54, 1.807) is 12.1 Å². The number of carbonyl (C=O) groups is 1. The van der Waals surface area contributed by atoms with Gasteiger partial charge >= 0.3 is 0 Å². The van der Waals surface area contributed by atoms with Crippen molar-refractivity contribution >= 4 is 34.7 Å². The lowest BCUT2D eigenvalue weighted by atomic mass is 9.87. The van der Waals surface area contributed by atoms with Crippen molar-refractivity contribution in [1.29, 1.82) is 0 Å². The van der Waals surface area contributed by atoms with Gasteiger partial charge in [-0.05, 0) is 44.5 Å². The first kappa shape index (κ1) is 16.2. The van der Waals surface area contributed by atoms with Crippen LogP contribution in [0.3, 0.4) is 0 Å². The molecule has 0 spiro atoms. The van der Waals surface area contributed by atoms with E-state index >= 15 is 0 Å². The highest BCUT2D eigenvalue weighted by molar-refractivity contribution is 7.80. The van der Waals surface area contributed by atoms with Gasteiger partial charge in [-0.25, -0.2) is 0 Å². The number of amides is 1. The summed E-state index contributed by atoms with van der Waals surface area (Å²) in [7, 11) is 2.04. The SMILES string of the molecule is Cc1ccc(C(=O)NC2(C(N)=S)CCN(C)CC2)c(Cl)c1. The summed E-state index contributed by atoms with van der Waals surface area (Å²) in [6.07, 6.45) is 1.43. The maximum absolute atomic E-state index is 12.5. The first-order valence-electron chi connectivity index (χ1n) is 6.91. The molecule has 2 rings (SSSR count). The van der Waals surface area contributed by atoms with E-state index in [0.29, 0.717) is 28.4 Å². The van der Waals surface area contributed by atoms with Gasteiger partial charge in [-0.2, -0.15) is 0 Å². The van der Waals surface area contributed by atoms with E-state index in [4.69, 9.17) is 29.6 Å². The maximum Gasteiger partial charge on any atom is 0.253 e. The fraction of sp³-hybridized carbons (Fsp3) is 0.467. The van der Waals surface area contributed by atoms with Crippen LogP contribution < -0.4 is 11.1 Å². The quantitative estimate of drug-likeness (QED) is 0.836. The Morgan fingerprint density at radius 2 is 2.05 bits per heavy atom. The molecule has 0 radical (unpaired) electrons. The number of likely N-dealkylation sites (tertiary alicyclic amines) is 1. The molecular formula is C15H20ClN3OS. The van der Waals surface area contributed by atoms with Crippen molar-refractivity contribution in [2.75, 3.05) is 20.1 Å². The Kier molecular flexibility index (Phi) is 4.86. The molecule has 0 atom stereocenters. The Morgan fingerprint density at radius 1 is 1.43 bits per heavy atom. The molecule has 1 amide bonds. The monoisotopic (exact) mass is 325 g/mol. The van der Waals surface area contributed by atoms with Gasteiger partial charge in [-0.3, -0.25) is 4.79 Å². The molecule has 1 aromatic rings. The summed E-state index contributed by atoms with van der Waals surface area (Å²) in [4.78, 5) is 15.0. The molecule has 1 aliphatic rings. The van der Waals surface area contributed by atoms with Crippen LogP contribution in [0.25, 0.3) is 0 Å². The molecule has 1 heterocycles. The standard InChI is InChI=1S/C15H20ClN3OS/c1-10-3-4-11(12(16)9-10)13(20)18-15(14(17)21)5-7-19(2)8-6-15/h3-4,9H,5-8H2,1-2H3,(H2,17,21)(H,18,20). The number of nitrogens with zero attached hydrogens (tertiary/aromatic N) is 1. The number of hydrogen-bond acceptors (Lipinski definition) is 3. The van der Waals surface area contributed by atoms with Gasteiger partial charge in [0.2, 0.25) is 0 Å². The number of hydrogen-bond donors (Lipinski definition) is 2. The highest BCUT2D eigenvalue weighted by Gasteiger charge is 2.38. The molecule has 6 heteroatoms. The molecule has 0 bridgehead atoms. The number of carbonyl (C=O) groups excluding carboxylic acids is 1. The van der Waals surface area contributed by atoms with Crippen LogP contribution in [0, 0.1) is 6.92 Å². The second-order valence-electron chi connectivity index (χ2n) is 5.69. The molecule has 1 saturated heterocycles. The minimum absolute atomic E-state index is 0.225. The largest absolute Gasteiger partial charge is 0.391 e. The average molecular weight is 326 g/mol. The van der Waals surface area contributed by atoms with Gasteiger partial charge in [0.1, 0.15) is 0 Å². The summed E-state index contributed by atoms with van der Waals surface area (Å²) in [5.74, 6) is -0.225. The molecule has 1 fully saturated rings. The van der Waals surface area contributed by atoms with Gasteiger partial charge in [0.15, 0.2) is 0 Å². The third-order valence-electron chi connectivity index (χ3n) is 4.03. The van der Waals surface area contributed by atoms with Crippen LogP contribution >= 0.6 is 23.8 Å². The van der Waals surface area contributed by atoms with Gasteiger partial charge in [0, 0.05) is 13.1 Å². The van der Waals surface area contributed by atoms with Crippen molar-refractivity contribution in [3.63, 3.8) is 0 Å². The molecule has 1 aliphatic heterocycles. The van der Waals surface area contributed by atoms with Crippen LogP contribution in [0.5, 0.6) is 0 Å². The van der Waals surface area contributed by atoms with Crippen LogP contribution in [0.1, 0.15) is 28.8 Å². The minimum atomic E-state index is -0.618. The van der Waals surface area contributed by atoms with Crippen LogP contribution in [-0.4, -0.2) is 41.5 Å². The van der Waals surface area contributed by atoms with Crippen LogP contribution in [-0.2, 0) is 0 Å². The first-order chi connectivity index (χ1) is 9.84. The van der Waals surface area contributed by atoms with Gasteiger partial charge in [0.25, 0.3) is 5.91 Å². The zero-order valence-corrected chi connectivity index (χ0v) is 13.9. The molecule has 1 aromatic carbocycles. The topological polar surface area (TPSA) is 58.4 Å². The highest BCUT2D eigenvalue weighted by Crippen LogP contribution is 2.24. The summed E-state index contributed by atoms with van der Waals surface area (Å²) in [6, 6.07) is 5.37. The Hall–Kier alpha value is -1.17. The van der Waals surface area contributed by atoms with Crippen LogP contribution in [0.4, 0.5) is 0 Å². The summed E-state index contributed by atoms with van der Waals surface area (Å²) in [5.41, 5.74) is 6.75. The molecule has 0 aromatic heterocycles. The number of benzene rings is 1. The number of aryl methyl sites for hydroxylation is 1. The number of rotatable bonds is 3. The minimum Gasteiger partial charge on any atom is -0.391 e. The predicted molar refractivity (Wildman–Crippen MR) is 89.9 cm³/mol. The summed E-state index contributed by atoms with van der Waals surface area (Å²) in [6.45, 7) is 3.62. The lowest BCUT2D eigenvalue weighted by molar-refractivity contribution is 0.0890. The zero-order valence-electron chi connectivity index (χ0n) is 12.3. The van der Waals surface area contributed by atoms with Crippen molar-refractivity contribution in [3.05, 3.63) is 34.3 Å². The third-order valence-corrected chi connectivity index (χ3v) is 4.74. The van der Waals surface area contributed by atoms with Crippen molar-refractivity contribution in [3.8, 4) is 0 Å². The number of thiocarbonyl (C=S) groups is 1. The number of piperidine rings is 1. The molecule has 114 valence electrons. The van der Waals surface area contributed by atoms with Gasteiger partial charge in [-0.1, -0.05) is 29.9 Å². The van der Waals surface area contributed by atoms with Gasteiger partial charge in [0.05, 0.1) is 21.1 Å². The second-order valence-corrected chi connectivity index (χ2v) is 6.53. The van der Waals surface area contributed by atoms with E-state index in [-0.39, 0.29) is 5.91 Å².